The van der Waals surface area contributed by atoms with E-state index in [0.717, 1.165) is 18.9 Å². The van der Waals surface area contributed by atoms with Crippen LogP contribution in [0.4, 0.5) is 0 Å². The van der Waals surface area contributed by atoms with E-state index in [-0.39, 0.29) is 0 Å². The van der Waals surface area contributed by atoms with Gasteiger partial charge in [0.1, 0.15) is 5.75 Å². The topological polar surface area (TPSA) is 21.3 Å². The molecule has 2 unspecified atom stereocenters. The second kappa shape index (κ2) is 7.31. The van der Waals surface area contributed by atoms with Gasteiger partial charge in [0.15, 0.2) is 0 Å². The van der Waals surface area contributed by atoms with Crippen molar-refractivity contribution in [3.8, 4) is 5.75 Å². The van der Waals surface area contributed by atoms with Gasteiger partial charge < -0.3 is 10.1 Å². The zero-order chi connectivity index (χ0) is 15.3. The van der Waals surface area contributed by atoms with Crippen LogP contribution in [0.5, 0.6) is 5.75 Å². The predicted molar refractivity (Wildman–Crippen MR) is 89.8 cm³/mol. The average molecular weight is 289 g/mol. The number of rotatable bonds is 7. The molecule has 2 heteroatoms. The predicted octanol–water partition coefficient (Wildman–Crippen LogP) is 4.95. The number of para-hydroxylation sites is 1. The van der Waals surface area contributed by atoms with Gasteiger partial charge in [0.25, 0.3) is 0 Å². The van der Waals surface area contributed by atoms with Gasteiger partial charge in [-0.05, 0) is 17.9 Å². The molecule has 0 spiro atoms. The van der Waals surface area contributed by atoms with Crippen molar-refractivity contribution >= 4 is 0 Å². The van der Waals surface area contributed by atoms with Gasteiger partial charge in [-0.3, -0.25) is 0 Å². The van der Waals surface area contributed by atoms with E-state index in [0.29, 0.717) is 17.4 Å². The summed E-state index contributed by atoms with van der Waals surface area (Å²) in [5.74, 6) is 1.57. The molecule has 118 valence electrons. The van der Waals surface area contributed by atoms with Gasteiger partial charge in [0.05, 0.1) is 6.61 Å². The number of ether oxygens (including phenoxy) is 1. The lowest BCUT2D eigenvalue weighted by molar-refractivity contribution is 0.174. The van der Waals surface area contributed by atoms with Crippen molar-refractivity contribution in [2.45, 2.75) is 59.4 Å². The molecule has 0 saturated heterocycles. The summed E-state index contributed by atoms with van der Waals surface area (Å²) in [5, 5.41) is 3.81. The maximum absolute atomic E-state index is 5.84. The summed E-state index contributed by atoms with van der Waals surface area (Å²) < 4.78 is 5.84. The van der Waals surface area contributed by atoms with Gasteiger partial charge in [-0.2, -0.15) is 0 Å². The average Bonchev–Trinajstić information content (AvgIpc) is 2.46. The van der Waals surface area contributed by atoms with Gasteiger partial charge >= 0.3 is 0 Å². The first-order chi connectivity index (χ1) is 10.0. The Morgan fingerprint density at radius 1 is 1.24 bits per heavy atom. The minimum atomic E-state index is 0.363. The summed E-state index contributed by atoms with van der Waals surface area (Å²) in [6, 6.07) is 8.87. The Kier molecular flexibility index (Phi) is 5.69. The van der Waals surface area contributed by atoms with E-state index in [2.05, 4.69) is 57.3 Å². The van der Waals surface area contributed by atoms with E-state index in [9.17, 15) is 0 Å². The monoisotopic (exact) mass is 289 g/mol. The Morgan fingerprint density at radius 3 is 2.76 bits per heavy atom. The minimum absolute atomic E-state index is 0.363. The first-order valence-corrected chi connectivity index (χ1v) is 8.48. The largest absolute Gasteiger partial charge is 0.493 e. The number of unbranched alkanes of at least 4 members (excludes halogenated alkanes) is 2. The SMILES string of the molecule is CCCCCC(C)(C)CNC1c2ccccc2OCC1C. The molecule has 0 amide bonds. The Bertz CT molecular complexity index is 441. The number of hydrogen-bond donors (Lipinski definition) is 1. The number of hydrogen-bond acceptors (Lipinski definition) is 2. The molecule has 1 aromatic carbocycles. The van der Waals surface area contributed by atoms with Crippen LogP contribution in [0.15, 0.2) is 24.3 Å². The molecule has 2 atom stereocenters. The summed E-state index contributed by atoms with van der Waals surface area (Å²) >= 11 is 0. The van der Waals surface area contributed by atoms with Crippen LogP contribution in [0.2, 0.25) is 0 Å². The quantitative estimate of drug-likeness (QED) is 0.717. The first kappa shape index (κ1) is 16.4. The fourth-order valence-corrected chi connectivity index (χ4v) is 3.13. The Hall–Kier alpha value is -1.02. The van der Waals surface area contributed by atoms with Crippen LogP contribution in [0.25, 0.3) is 0 Å². The van der Waals surface area contributed by atoms with E-state index in [4.69, 9.17) is 4.74 Å². The Labute approximate surface area is 130 Å². The molecule has 0 fully saturated rings. The van der Waals surface area contributed by atoms with Crippen LogP contribution in [-0.2, 0) is 0 Å². The molecule has 1 aliphatic rings. The number of benzene rings is 1. The molecule has 1 heterocycles. The third kappa shape index (κ3) is 4.47. The lowest BCUT2D eigenvalue weighted by Crippen LogP contribution is -2.38. The van der Waals surface area contributed by atoms with E-state index in [1.165, 1.54) is 31.2 Å². The van der Waals surface area contributed by atoms with Gasteiger partial charge in [-0.15, -0.1) is 0 Å². The van der Waals surface area contributed by atoms with Crippen molar-refractivity contribution in [2.75, 3.05) is 13.2 Å². The highest BCUT2D eigenvalue weighted by Crippen LogP contribution is 2.35. The maximum atomic E-state index is 5.84. The van der Waals surface area contributed by atoms with Crippen molar-refractivity contribution < 1.29 is 4.74 Å². The zero-order valence-corrected chi connectivity index (χ0v) is 14.1. The van der Waals surface area contributed by atoms with Crippen LogP contribution in [0.1, 0.15) is 65.0 Å². The molecule has 1 N–H and O–H groups in total. The summed E-state index contributed by atoms with van der Waals surface area (Å²) in [7, 11) is 0. The van der Waals surface area contributed by atoms with E-state index in [1.807, 2.05) is 0 Å². The Balaban J connectivity index is 1.96. The van der Waals surface area contributed by atoms with Crippen molar-refractivity contribution in [3.63, 3.8) is 0 Å². The van der Waals surface area contributed by atoms with Crippen molar-refractivity contribution in [1.29, 1.82) is 0 Å². The molecular formula is C19H31NO. The third-order valence-electron chi connectivity index (χ3n) is 4.58. The number of nitrogens with one attached hydrogen (secondary N) is 1. The van der Waals surface area contributed by atoms with E-state index < -0.39 is 0 Å². The van der Waals surface area contributed by atoms with E-state index >= 15 is 0 Å². The molecular weight excluding hydrogens is 258 g/mol. The normalized spacial score (nSPS) is 21.7. The van der Waals surface area contributed by atoms with Crippen LogP contribution < -0.4 is 10.1 Å². The van der Waals surface area contributed by atoms with Gasteiger partial charge in [-0.1, -0.05) is 65.2 Å². The van der Waals surface area contributed by atoms with Crippen molar-refractivity contribution in [2.24, 2.45) is 11.3 Å². The molecule has 1 aromatic rings. The molecule has 1 aliphatic heterocycles. The van der Waals surface area contributed by atoms with Crippen molar-refractivity contribution in [3.05, 3.63) is 29.8 Å². The second-order valence-corrected chi connectivity index (χ2v) is 7.31. The van der Waals surface area contributed by atoms with Crippen LogP contribution >= 0.6 is 0 Å². The summed E-state index contributed by atoms with van der Waals surface area (Å²) in [6.45, 7) is 11.2. The van der Waals surface area contributed by atoms with Gasteiger partial charge in [0, 0.05) is 24.1 Å². The van der Waals surface area contributed by atoms with Crippen LogP contribution in [0.3, 0.4) is 0 Å². The Morgan fingerprint density at radius 2 is 2.00 bits per heavy atom. The first-order valence-electron chi connectivity index (χ1n) is 8.48. The maximum Gasteiger partial charge on any atom is 0.124 e. The van der Waals surface area contributed by atoms with Crippen molar-refractivity contribution in [1.82, 2.24) is 5.32 Å². The highest BCUT2D eigenvalue weighted by atomic mass is 16.5. The van der Waals surface area contributed by atoms with Gasteiger partial charge in [-0.25, -0.2) is 0 Å². The molecule has 0 saturated carbocycles. The molecule has 0 radical (unpaired) electrons. The summed E-state index contributed by atoms with van der Waals surface area (Å²) in [5.41, 5.74) is 1.68. The molecule has 0 aliphatic carbocycles. The smallest absolute Gasteiger partial charge is 0.124 e. The standard InChI is InChI=1S/C19H31NO/c1-5-6-9-12-19(3,4)14-20-18-15(2)13-21-17-11-8-7-10-16(17)18/h7-8,10-11,15,18,20H,5-6,9,12-14H2,1-4H3. The highest BCUT2D eigenvalue weighted by Gasteiger charge is 2.29. The van der Waals surface area contributed by atoms with Crippen LogP contribution in [0, 0.1) is 11.3 Å². The fourth-order valence-electron chi connectivity index (χ4n) is 3.13. The zero-order valence-electron chi connectivity index (χ0n) is 14.1. The molecule has 2 nitrogen and oxygen atoms in total. The highest BCUT2D eigenvalue weighted by molar-refractivity contribution is 5.37. The summed E-state index contributed by atoms with van der Waals surface area (Å²) in [6.07, 6.45) is 5.28. The van der Waals surface area contributed by atoms with Gasteiger partial charge in [0.2, 0.25) is 0 Å². The second-order valence-electron chi connectivity index (χ2n) is 7.31. The van der Waals surface area contributed by atoms with Crippen LogP contribution in [-0.4, -0.2) is 13.2 Å². The lowest BCUT2D eigenvalue weighted by Gasteiger charge is -2.35. The molecule has 0 bridgehead atoms. The number of fused-ring (bicyclic) bond motifs is 1. The van der Waals surface area contributed by atoms with E-state index in [1.54, 1.807) is 0 Å². The minimum Gasteiger partial charge on any atom is -0.493 e. The fraction of sp³-hybridized carbons (Fsp3) is 0.684. The lowest BCUT2D eigenvalue weighted by atomic mass is 9.85. The third-order valence-corrected chi connectivity index (χ3v) is 4.58. The molecule has 0 aromatic heterocycles. The summed E-state index contributed by atoms with van der Waals surface area (Å²) in [4.78, 5) is 0. The molecule has 2 rings (SSSR count). The molecule has 21 heavy (non-hydrogen) atoms.